The molecule has 102 valence electrons. The first kappa shape index (κ1) is 15.7. The van der Waals surface area contributed by atoms with Gasteiger partial charge in [-0.15, -0.1) is 0 Å². The molecular formula is C15H25BrN2. The van der Waals surface area contributed by atoms with Crippen LogP contribution < -0.4 is 5.73 Å². The lowest BCUT2D eigenvalue weighted by Gasteiger charge is -2.34. The average Bonchev–Trinajstić information content (AvgIpc) is 2.36. The van der Waals surface area contributed by atoms with Gasteiger partial charge in [-0.3, -0.25) is 4.90 Å². The maximum absolute atomic E-state index is 5.99. The second kappa shape index (κ2) is 7.27. The number of rotatable bonds is 6. The van der Waals surface area contributed by atoms with Gasteiger partial charge in [-0.05, 0) is 44.0 Å². The van der Waals surface area contributed by atoms with Crippen molar-refractivity contribution in [2.45, 2.75) is 45.7 Å². The first-order valence-electron chi connectivity index (χ1n) is 6.73. The number of benzene rings is 1. The zero-order valence-corrected chi connectivity index (χ0v) is 13.5. The third-order valence-electron chi connectivity index (χ3n) is 3.80. The van der Waals surface area contributed by atoms with E-state index in [1.165, 1.54) is 24.0 Å². The maximum atomic E-state index is 5.99. The Bertz CT molecular complexity index is 375. The van der Waals surface area contributed by atoms with E-state index in [0.29, 0.717) is 18.6 Å². The predicted molar refractivity (Wildman–Crippen MR) is 82.8 cm³/mol. The van der Waals surface area contributed by atoms with E-state index in [4.69, 9.17) is 5.73 Å². The van der Waals surface area contributed by atoms with Crippen LogP contribution in [-0.2, 0) is 0 Å². The molecular weight excluding hydrogens is 288 g/mol. The number of hydrogen-bond acceptors (Lipinski definition) is 2. The molecule has 0 fully saturated rings. The first-order chi connectivity index (χ1) is 8.54. The Morgan fingerprint density at radius 1 is 1.28 bits per heavy atom. The fourth-order valence-electron chi connectivity index (χ4n) is 2.53. The van der Waals surface area contributed by atoms with Crippen molar-refractivity contribution >= 4 is 15.9 Å². The fraction of sp³-hybridized carbons (Fsp3) is 0.600. The average molecular weight is 313 g/mol. The van der Waals surface area contributed by atoms with E-state index in [9.17, 15) is 0 Å². The number of aryl methyl sites for hydroxylation is 1. The van der Waals surface area contributed by atoms with Gasteiger partial charge in [0.05, 0.1) is 0 Å². The molecule has 0 heterocycles. The second-order valence-electron chi connectivity index (χ2n) is 4.90. The molecule has 1 rings (SSSR count). The van der Waals surface area contributed by atoms with E-state index in [2.05, 4.69) is 66.8 Å². The Kier molecular flexibility index (Phi) is 6.33. The lowest BCUT2D eigenvalue weighted by Crippen LogP contribution is -2.38. The van der Waals surface area contributed by atoms with Crippen molar-refractivity contribution in [1.29, 1.82) is 0 Å². The maximum Gasteiger partial charge on any atom is 0.0470 e. The van der Waals surface area contributed by atoms with Crippen LogP contribution in [0.4, 0.5) is 0 Å². The summed E-state index contributed by atoms with van der Waals surface area (Å²) in [6.45, 7) is 7.27. The van der Waals surface area contributed by atoms with Crippen LogP contribution in [0.25, 0.3) is 0 Å². The third kappa shape index (κ3) is 3.56. The van der Waals surface area contributed by atoms with E-state index in [1.807, 2.05) is 0 Å². The summed E-state index contributed by atoms with van der Waals surface area (Å²) in [6.07, 6.45) is 2.33. The molecule has 1 aromatic carbocycles. The van der Waals surface area contributed by atoms with Gasteiger partial charge in [0.1, 0.15) is 0 Å². The summed E-state index contributed by atoms with van der Waals surface area (Å²) in [7, 11) is 2.19. The Morgan fingerprint density at radius 2 is 1.89 bits per heavy atom. The molecule has 0 aliphatic heterocycles. The smallest absolute Gasteiger partial charge is 0.0470 e. The highest BCUT2D eigenvalue weighted by Gasteiger charge is 2.21. The van der Waals surface area contributed by atoms with Crippen molar-refractivity contribution in [2.24, 2.45) is 5.73 Å². The molecule has 0 spiro atoms. The van der Waals surface area contributed by atoms with Crippen LogP contribution in [0.3, 0.4) is 0 Å². The monoisotopic (exact) mass is 312 g/mol. The molecule has 2 nitrogen and oxygen atoms in total. The standard InChI is InChI=1S/C15H25BrN2/c1-5-13(6-2)18(4)15(10-17)12-7-8-14(16)11(3)9-12/h7-9,13,15H,5-6,10,17H2,1-4H3. The molecule has 1 unspecified atom stereocenters. The summed E-state index contributed by atoms with van der Waals surface area (Å²) >= 11 is 3.55. The van der Waals surface area contributed by atoms with Gasteiger partial charge in [0.15, 0.2) is 0 Å². The second-order valence-corrected chi connectivity index (χ2v) is 5.75. The van der Waals surface area contributed by atoms with Gasteiger partial charge >= 0.3 is 0 Å². The number of halogens is 1. The molecule has 1 atom stereocenters. The summed E-state index contributed by atoms with van der Waals surface area (Å²) in [5, 5.41) is 0. The molecule has 0 aromatic heterocycles. The summed E-state index contributed by atoms with van der Waals surface area (Å²) in [5.74, 6) is 0. The fourth-order valence-corrected chi connectivity index (χ4v) is 2.78. The van der Waals surface area contributed by atoms with Crippen LogP contribution >= 0.6 is 15.9 Å². The number of hydrogen-bond donors (Lipinski definition) is 1. The van der Waals surface area contributed by atoms with Crippen LogP contribution in [0.5, 0.6) is 0 Å². The lowest BCUT2D eigenvalue weighted by atomic mass is 10.0. The van der Waals surface area contributed by atoms with Gasteiger partial charge in [-0.1, -0.05) is 41.9 Å². The molecule has 0 aliphatic rings. The Hall–Kier alpha value is -0.380. The zero-order valence-electron chi connectivity index (χ0n) is 11.9. The highest BCUT2D eigenvalue weighted by Crippen LogP contribution is 2.26. The number of likely N-dealkylation sites (N-methyl/N-ethyl adjacent to an activating group) is 1. The third-order valence-corrected chi connectivity index (χ3v) is 4.69. The molecule has 0 bridgehead atoms. The van der Waals surface area contributed by atoms with Crippen molar-refractivity contribution in [3.05, 3.63) is 33.8 Å². The van der Waals surface area contributed by atoms with E-state index >= 15 is 0 Å². The highest BCUT2D eigenvalue weighted by molar-refractivity contribution is 9.10. The van der Waals surface area contributed by atoms with Gasteiger partial charge in [0, 0.05) is 23.1 Å². The van der Waals surface area contributed by atoms with Crippen molar-refractivity contribution in [3.8, 4) is 0 Å². The van der Waals surface area contributed by atoms with Crippen LogP contribution in [0.1, 0.15) is 43.9 Å². The Labute approximate surface area is 120 Å². The molecule has 3 heteroatoms. The molecule has 1 aromatic rings. The van der Waals surface area contributed by atoms with Crippen molar-refractivity contribution in [2.75, 3.05) is 13.6 Å². The minimum Gasteiger partial charge on any atom is -0.329 e. The van der Waals surface area contributed by atoms with Crippen LogP contribution in [0.2, 0.25) is 0 Å². The number of nitrogens with zero attached hydrogens (tertiary/aromatic N) is 1. The van der Waals surface area contributed by atoms with Crippen LogP contribution in [-0.4, -0.2) is 24.5 Å². The van der Waals surface area contributed by atoms with Gasteiger partial charge < -0.3 is 5.73 Å². The van der Waals surface area contributed by atoms with E-state index in [0.717, 1.165) is 4.47 Å². The largest absolute Gasteiger partial charge is 0.329 e. The molecule has 18 heavy (non-hydrogen) atoms. The SMILES string of the molecule is CCC(CC)N(C)C(CN)c1ccc(Br)c(C)c1. The topological polar surface area (TPSA) is 29.3 Å². The van der Waals surface area contributed by atoms with Gasteiger partial charge in [0.2, 0.25) is 0 Å². The molecule has 0 saturated carbocycles. The van der Waals surface area contributed by atoms with Gasteiger partial charge in [-0.2, -0.15) is 0 Å². The minimum absolute atomic E-state index is 0.307. The summed E-state index contributed by atoms with van der Waals surface area (Å²) < 4.78 is 1.16. The quantitative estimate of drug-likeness (QED) is 0.863. The summed E-state index contributed by atoms with van der Waals surface area (Å²) in [4.78, 5) is 2.42. The van der Waals surface area contributed by atoms with Gasteiger partial charge in [-0.25, -0.2) is 0 Å². The molecule has 0 radical (unpaired) electrons. The van der Waals surface area contributed by atoms with Crippen molar-refractivity contribution < 1.29 is 0 Å². The molecule has 0 aliphatic carbocycles. The predicted octanol–water partition coefficient (Wildman–Crippen LogP) is 3.88. The molecule has 0 amide bonds. The first-order valence-corrected chi connectivity index (χ1v) is 7.52. The minimum atomic E-state index is 0.307. The Morgan fingerprint density at radius 3 is 2.33 bits per heavy atom. The van der Waals surface area contributed by atoms with Crippen LogP contribution in [0, 0.1) is 6.92 Å². The van der Waals surface area contributed by atoms with E-state index in [-0.39, 0.29) is 0 Å². The normalized spacial score (nSPS) is 13.3. The lowest BCUT2D eigenvalue weighted by molar-refractivity contribution is 0.167. The van der Waals surface area contributed by atoms with Gasteiger partial charge in [0.25, 0.3) is 0 Å². The number of nitrogens with two attached hydrogens (primary N) is 1. The van der Waals surface area contributed by atoms with Crippen molar-refractivity contribution in [3.63, 3.8) is 0 Å². The van der Waals surface area contributed by atoms with E-state index < -0.39 is 0 Å². The molecule has 2 N–H and O–H groups in total. The summed E-state index contributed by atoms with van der Waals surface area (Å²) in [5.41, 5.74) is 8.57. The zero-order chi connectivity index (χ0) is 13.7. The van der Waals surface area contributed by atoms with E-state index in [1.54, 1.807) is 0 Å². The van der Waals surface area contributed by atoms with Crippen LogP contribution in [0.15, 0.2) is 22.7 Å². The molecule has 0 saturated heterocycles. The van der Waals surface area contributed by atoms with Crippen molar-refractivity contribution in [1.82, 2.24) is 4.90 Å². The Balaban J connectivity index is 2.97. The highest BCUT2D eigenvalue weighted by atomic mass is 79.9. The summed E-state index contributed by atoms with van der Waals surface area (Å²) in [6, 6.07) is 7.44.